The topological polar surface area (TPSA) is 91.6 Å². The van der Waals surface area contributed by atoms with Gasteiger partial charge in [-0.15, -0.1) is 0 Å². The molecule has 0 heterocycles. The standard InChI is InChI=1S/C10H5N3O/c11-3-7-1-2-8(6-14)10(5-13)9(7)4-12/h1-2,14H,6H2. The van der Waals surface area contributed by atoms with Crippen molar-refractivity contribution in [2.24, 2.45) is 0 Å². The number of nitriles is 3. The average molecular weight is 183 g/mol. The van der Waals surface area contributed by atoms with Crippen LogP contribution in [0.1, 0.15) is 22.3 Å². The third-order valence-corrected chi connectivity index (χ3v) is 1.81. The third kappa shape index (κ3) is 1.41. The molecule has 0 unspecified atom stereocenters. The Labute approximate surface area is 80.9 Å². The zero-order chi connectivity index (χ0) is 10.6. The molecule has 0 bridgehead atoms. The molecule has 0 aliphatic heterocycles. The van der Waals surface area contributed by atoms with E-state index in [1.165, 1.54) is 12.1 Å². The minimum atomic E-state index is -0.316. The molecule has 0 aliphatic rings. The number of rotatable bonds is 1. The maximum atomic E-state index is 8.89. The average Bonchev–Trinajstić information content (AvgIpc) is 2.26. The van der Waals surface area contributed by atoms with E-state index in [1.807, 2.05) is 12.1 Å². The summed E-state index contributed by atoms with van der Waals surface area (Å²) in [6.45, 7) is -0.316. The monoisotopic (exact) mass is 183 g/mol. The van der Waals surface area contributed by atoms with E-state index in [-0.39, 0.29) is 23.3 Å². The van der Waals surface area contributed by atoms with Crippen molar-refractivity contribution in [3.63, 3.8) is 0 Å². The number of benzene rings is 1. The fourth-order valence-electron chi connectivity index (χ4n) is 1.11. The number of hydrogen-bond donors (Lipinski definition) is 1. The highest BCUT2D eigenvalue weighted by molar-refractivity contribution is 5.58. The van der Waals surface area contributed by atoms with Crippen molar-refractivity contribution in [2.75, 3.05) is 0 Å². The molecule has 4 heteroatoms. The van der Waals surface area contributed by atoms with Gasteiger partial charge in [0, 0.05) is 0 Å². The lowest BCUT2D eigenvalue weighted by Gasteiger charge is -2.02. The Balaban J connectivity index is 3.59. The first-order valence-electron chi connectivity index (χ1n) is 3.75. The predicted molar refractivity (Wildman–Crippen MR) is 46.5 cm³/mol. The molecule has 66 valence electrons. The van der Waals surface area contributed by atoms with Gasteiger partial charge in [0.25, 0.3) is 0 Å². The van der Waals surface area contributed by atoms with Gasteiger partial charge in [-0.3, -0.25) is 0 Å². The van der Waals surface area contributed by atoms with Gasteiger partial charge in [-0.1, -0.05) is 6.07 Å². The summed E-state index contributed by atoms with van der Waals surface area (Å²) in [6, 6.07) is 8.30. The fourth-order valence-corrected chi connectivity index (χ4v) is 1.11. The van der Waals surface area contributed by atoms with Crippen molar-refractivity contribution in [1.82, 2.24) is 0 Å². The van der Waals surface area contributed by atoms with Gasteiger partial charge in [-0.2, -0.15) is 15.8 Å². The second kappa shape index (κ2) is 4.05. The summed E-state index contributed by atoms with van der Waals surface area (Å²) >= 11 is 0. The van der Waals surface area contributed by atoms with Crippen LogP contribution < -0.4 is 0 Å². The van der Waals surface area contributed by atoms with Gasteiger partial charge < -0.3 is 5.11 Å². The van der Waals surface area contributed by atoms with Crippen LogP contribution in [0.5, 0.6) is 0 Å². The van der Waals surface area contributed by atoms with Crippen LogP contribution in [0.4, 0.5) is 0 Å². The SMILES string of the molecule is N#Cc1ccc(CO)c(C#N)c1C#N. The second-order valence-corrected chi connectivity index (χ2v) is 2.52. The fraction of sp³-hybridized carbons (Fsp3) is 0.100. The number of aliphatic hydroxyl groups excluding tert-OH is 1. The summed E-state index contributed by atoms with van der Waals surface area (Å²) in [5, 5.41) is 35.1. The molecule has 0 radical (unpaired) electrons. The maximum absolute atomic E-state index is 8.89. The van der Waals surface area contributed by atoms with Crippen molar-refractivity contribution in [3.05, 3.63) is 34.4 Å². The molecule has 0 atom stereocenters. The van der Waals surface area contributed by atoms with E-state index < -0.39 is 0 Å². The summed E-state index contributed by atoms with van der Waals surface area (Å²) in [6.07, 6.45) is 0. The van der Waals surface area contributed by atoms with E-state index in [0.717, 1.165) is 0 Å². The highest BCUT2D eigenvalue weighted by Gasteiger charge is 2.11. The predicted octanol–water partition coefficient (Wildman–Crippen LogP) is 0.794. The van der Waals surface area contributed by atoms with Crippen LogP contribution in [-0.2, 0) is 6.61 Å². The van der Waals surface area contributed by atoms with Crippen LogP contribution in [0.3, 0.4) is 0 Å². The first-order valence-corrected chi connectivity index (χ1v) is 3.75. The van der Waals surface area contributed by atoms with E-state index in [2.05, 4.69) is 0 Å². The lowest BCUT2D eigenvalue weighted by atomic mass is 9.98. The van der Waals surface area contributed by atoms with Crippen LogP contribution in [0.15, 0.2) is 12.1 Å². The highest BCUT2D eigenvalue weighted by Crippen LogP contribution is 2.17. The van der Waals surface area contributed by atoms with Crippen molar-refractivity contribution in [2.45, 2.75) is 6.61 Å². The van der Waals surface area contributed by atoms with Crippen LogP contribution in [0, 0.1) is 34.0 Å². The van der Waals surface area contributed by atoms with Crippen molar-refractivity contribution < 1.29 is 5.11 Å². The van der Waals surface area contributed by atoms with Gasteiger partial charge in [0.1, 0.15) is 18.2 Å². The Morgan fingerprint density at radius 3 is 2.07 bits per heavy atom. The quantitative estimate of drug-likeness (QED) is 0.696. The van der Waals surface area contributed by atoms with Gasteiger partial charge in [0.05, 0.1) is 23.3 Å². The second-order valence-electron chi connectivity index (χ2n) is 2.52. The van der Waals surface area contributed by atoms with Crippen molar-refractivity contribution in [1.29, 1.82) is 15.8 Å². The Hall–Kier alpha value is -2.35. The number of aliphatic hydroxyl groups is 1. The summed E-state index contributed by atoms with van der Waals surface area (Å²) in [5.41, 5.74) is 0.625. The molecule has 0 aliphatic carbocycles. The Bertz CT molecular complexity index is 486. The van der Waals surface area contributed by atoms with Gasteiger partial charge in [0.15, 0.2) is 0 Å². The van der Waals surface area contributed by atoms with E-state index in [0.29, 0.717) is 5.56 Å². The van der Waals surface area contributed by atoms with Gasteiger partial charge in [0.2, 0.25) is 0 Å². The molecule has 1 aromatic rings. The normalized spacial score (nSPS) is 8.43. The molecule has 1 aromatic carbocycles. The molecule has 0 aromatic heterocycles. The van der Waals surface area contributed by atoms with E-state index in [4.69, 9.17) is 20.9 Å². The third-order valence-electron chi connectivity index (χ3n) is 1.81. The van der Waals surface area contributed by atoms with Gasteiger partial charge in [-0.05, 0) is 11.6 Å². The zero-order valence-corrected chi connectivity index (χ0v) is 7.15. The lowest BCUT2D eigenvalue weighted by molar-refractivity contribution is 0.281. The minimum absolute atomic E-state index is 0.0292. The van der Waals surface area contributed by atoms with Crippen LogP contribution in [0.2, 0.25) is 0 Å². The molecule has 0 spiro atoms. The van der Waals surface area contributed by atoms with Crippen molar-refractivity contribution in [3.8, 4) is 18.2 Å². The zero-order valence-electron chi connectivity index (χ0n) is 7.15. The van der Waals surface area contributed by atoms with Gasteiger partial charge >= 0.3 is 0 Å². The number of nitrogens with zero attached hydrogens (tertiary/aromatic N) is 3. The first-order chi connectivity index (χ1) is 6.78. The lowest BCUT2D eigenvalue weighted by Crippen LogP contribution is -1.96. The van der Waals surface area contributed by atoms with E-state index in [1.54, 1.807) is 6.07 Å². The molecule has 0 amide bonds. The first kappa shape index (κ1) is 9.74. The summed E-state index contributed by atoms with van der Waals surface area (Å²) < 4.78 is 0. The molecular formula is C10H5N3O. The summed E-state index contributed by atoms with van der Waals surface area (Å²) in [7, 11) is 0. The smallest absolute Gasteiger partial charge is 0.102 e. The Morgan fingerprint density at radius 1 is 1.00 bits per heavy atom. The maximum Gasteiger partial charge on any atom is 0.102 e. The van der Waals surface area contributed by atoms with Crippen molar-refractivity contribution >= 4 is 0 Å². The van der Waals surface area contributed by atoms with Crippen LogP contribution in [0.25, 0.3) is 0 Å². The molecule has 0 saturated carbocycles. The molecule has 0 fully saturated rings. The molecule has 0 saturated heterocycles. The highest BCUT2D eigenvalue weighted by atomic mass is 16.3. The van der Waals surface area contributed by atoms with Crippen LogP contribution >= 0.6 is 0 Å². The number of hydrogen-bond acceptors (Lipinski definition) is 4. The Kier molecular flexibility index (Phi) is 2.82. The summed E-state index contributed by atoms with van der Waals surface area (Å²) in [5.74, 6) is 0. The van der Waals surface area contributed by atoms with Gasteiger partial charge in [-0.25, -0.2) is 0 Å². The van der Waals surface area contributed by atoms with Crippen LogP contribution in [-0.4, -0.2) is 5.11 Å². The molecule has 14 heavy (non-hydrogen) atoms. The largest absolute Gasteiger partial charge is 0.392 e. The molecule has 1 rings (SSSR count). The minimum Gasteiger partial charge on any atom is -0.392 e. The Morgan fingerprint density at radius 2 is 1.64 bits per heavy atom. The molecule has 4 nitrogen and oxygen atoms in total. The van der Waals surface area contributed by atoms with E-state index >= 15 is 0 Å². The molecule has 1 N–H and O–H groups in total. The van der Waals surface area contributed by atoms with E-state index in [9.17, 15) is 0 Å². The molecular weight excluding hydrogens is 178 g/mol. The summed E-state index contributed by atoms with van der Waals surface area (Å²) in [4.78, 5) is 0.